The molecule has 8 heteroatoms. The Bertz CT molecular complexity index is 828. The van der Waals surface area contributed by atoms with Gasteiger partial charge in [-0.1, -0.05) is 41.1 Å². The van der Waals surface area contributed by atoms with Crippen LogP contribution >= 0.6 is 22.9 Å². The van der Waals surface area contributed by atoms with E-state index < -0.39 is 0 Å². The fraction of sp³-hybridized carbons (Fsp3) is 0.167. The number of nitrogens with one attached hydrogen (secondary N) is 1. The molecule has 6 nitrogen and oxygen atoms in total. The van der Waals surface area contributed by atoms with Gasteiger partial charge in [-0.05, 0) is 11.6 Å². The van der Waals surface area contributed by atoms with Gasteiger partial charge in [0.25, 0.3) is 5.56 Å². The average Bonchev–Trinajstić information content (AvgIpc) is 2.88. The number of benzene rings is 1. The van der Waals surface area contributed by atoms with Crippen molar-refractivity contribution < 1.29 is 0 Å². The molecule has 1 N–H and O–H groups in total. The average molecular weight is 308 g/mol. The predicted molar refractivity (Wildman–Crippen MR) is 78.7 cm³/mol. The topological polar surface area (TPSA) is 72.2 Å². The normalized spacial score (nSPS) is 10.9. The lowest BCUT2D eigenvalue weighted by Crippen LogP contribution is -2.22. The third-order valence-corrected chi connectivity index (χ3v) is 4.07. The van der Waals surface area contributed by atoms with Gasteiger partial charge < -0.3 is 5.32 Å². The quantitative estimate of drug-likeness (QED) is 0.799. The molecular weight excluding hydrogens is 298 g/mol. The van der Waals surface area contributed by atoms with Crippen LogP contribution < -0.4 is 10.9 Å². The molecule has 102 valence electrons. The maximum atomic E-state index is 12.3. The van der Waals surface area contributed by atoms with Crippen molar-refractivity contribution in [3.8, 4) is 0 Å². The first-order valence-electron chi connectivity index (χ1n) is 5.85. The van der Waals surface area contributed by atoms with Gasteiger partial charge in [0.1, 0.15) is 5.69 Å². The molecule has 3 aromatic rings. The van der Waals surface area contributed by atoms with Crippen LogP contribution in [0.5, 0.6) is 0 Å². The van der Waals surface area contributed by atoms with Crippen molar-refractivity contribution in [2.45, 2.75) is 6.42 Å². The van der Waals surface area contributed by atoms with Crippen molar-refractivity contribution in [2.24, 2.45) is 0 Å². The fourth-order valence-electron chi connectivity index (χ4n) is 1.78. The maximum absolute atomic E-state index is 12.3. The lowest BCUT2D eigenvalue weighted by Gasteiger charge is -2.02. The molecule has 0 fully saturated rings. The molecule has 1 aromatic carbocycles. The van der Waals surface area contributed by atoms with Crippen molar-refractivity contribution >= 4 is 33.0 Å². The summed E-state index contributed by atoms with van der Waals surface area (Å²) >= 11 is 7.36. The number of rotatable bonds is 3. The van der Waals surface area contributed by atoms with Crippen molar-refractivity contribution in [3.63, 3.8) is 0 Å². The Morgan fingerprint density at radius 3 is 2.90 bits per heavy atom. The number of halogens is 1. The van der Waals surface area contributed by atoms with E-state index in [-0.39, 0.29) is 5.56 Å². The zero-order valence-electron chi connectivity index (χ0n) is 10.5. The summed E-state index contributed by atoms with van der Waals surface area (Å²) in [6.07, 6.45) is 0.334. The molecule has 20 heavy (non-hydrogen) atoms. The third kappa shape index (κ3) is 2.25. The Labute approximate surface area is 123 Å². The number of hydrogen-bond donors (Lipinski definition) is 1. The van der Waals surface area contributed by atoms with Gasteiger partial charge in [-0.2, -0.15) is 4.52 Å². The van der Waals surface area contributed by atoms with Crippen LogP contribution in [-0.2, 0) is 6.42 Å². The van der Waals surface area contributed by atoms with E-state index in [4.69, 9.17) is 11.6 Å². The summed E-state index contributed by atoms with van der Waals surface area (Å²) in [5, 5.41) is 16.2. The summed E-state index contributed by atoms with van der Waals surface area (Å²) in [7, 11) is 1.74. The summed E-state index contributed by atoms with van der Waals surface area (Å²) in [5.74, 6) is 0. The molecule has 0 atom stereocenters. The van der Waals surface area contributed by atoms with Crippen LogP contribution in [0.25, 0.3) is 4.96 Å². The largest absolute Gasteiger partial charge is 0.363 e. The van der Waals surface area contributed by atoms with E-state index in [1.807, 2.05) is 18.2 Å². The molecule has 0 saturated heterocycles. The minimum absolute atomic E-state index is 0.271. The van der Waals surface area contributed by atoms with E-state index in [0.717, 1.165) is 5.56 Å². The Kier molecular flexibility index (Phi) is 3.37. The number of nitrogens with zero attached hydrogens (tertiary/aromatic N) is 4. The van der Waals surface area contributed by atoms with Crippen molar-refractivity contribution in [1.82, 2.24) is 19.8 Å². The molecule has 0 saturated carbocycles. The zero-order valence-corrected chi connectivity index (χ0v) is 12.1. The van der Waals surface area contributed by atoms with Gasteiger partial charge in [0, 0.05) is 18.5 Å². The van der Waals surface area contributed by atoms with Gasteiger partial charge in [0.2, 0.25) is 10.1 Å². The van der Waals surface area contributed by atoms with Crippen molar-refractivity contribution in [1.29, 1.82) is 0 Å². The smallest absolute Gasteiger partial charge is 0.297 e. The first-order chi connectivity index (χ1) is 9.69. The maximum Gasteiger partial charge on any atom is 0.297 e. The van der Waals surface area contributed by atoms with Gasteiger partial charge >= 0.3 is 0 Å². The molecule has 2 heterocycles. The van der Waals surface area contributed by atoms with E-state index in [9.17, 15) is 4.79 Å². The first kappa shape index (κ1) is 13.0. The van der Waals surface area contributed by atoms with Crippen LogP contribution in [0.15, 0.2) is 29.1 Å². The first-order valence-corrected chi connectivity index (χ1v) is 7.05. The SMILES string of the molecule is CNc1nn2c(=O)c(Cc3ccccc3Cl)nnc2s1. The minimum Gasteiger partial charge on any atom is -0.363 e. The second-order valence-corrected chi connectivity index (χ2v) is 5.43. The highest BCUT2D eigenvalue weighted by atomic mass is 35.5. The monoisotopic (exact) mass is 307 g/mol. The summed E-state index contributed by atoms with van der Waals surface area (Å²) in [5.41, 5.74) is 0.890. The van der Waals surface area contributed by atoms with Gasteiger partial charge in [-0.3, -0.25) is 4.79 Å². The highest BCUT2D eigenvalue weighted by molar-refractivity contribution is 7.20. The van der Waals surface area contributed by atoms with Crippen molar-refractivity contribution in [2.75, 3.05) is 12.4 Å². The summed E-state index contributed by atoms with van der Waals surface area (Å²) < 4.78 is 1.26. The van der Waals surface area contributed by atoms with E-state index >= 15 is 0 Å². The Morgan fingerprint density at radius 2 is 2.15 bits per heavy atom. The molecule has 0 aliphatic heterocycles. The standard InChI is InChI=1S/C12H10ClN5OS/c1-14-11-17-18-10(19)9(15-16-12(18)20-11)6-7-4-2-3-5-8(7)13/h2-5H,6H2,1H3,(H,14,17). The number of aromatic nitrogens is 4. The van der Waals surface area contributed by atoms with Crippen LogP contribution in [0.4, 0.5) is 5.13 Å². The highest BCUT2D eigenvalue weighted by Crippen LogP contribution is 2.18. The van der Waals surface area contributed by atoms with Gasteiger partial charge in [-0.25, -0.2) is 0 Å². The molecular formula is C12H10ClN5OS. The van der Waals surface area contributed by atoms with Crippen LogP contribution in [0.3, 0.4) is 0 Å². The van der Waals surface area contributed by atoms with E-state index in [2.05, 4.69) is 20.6 Å². The van der Waals surface area contributed by atoms with Gasteiger partial charge in [-0.15, -0.1) is 15.3 Å². The predicted octanol–water partition coefficient (Wildman–Crippen LogP) is 1.83. The lowest BCUT2D eigenvalue weighted by molar-refractivity contribution is 0.810. The Morgan fingerprint density at radius 1 is 1.35 bits per heavy atom. The van der Waals surface area contributed by atoms with Gasteiger partial charge in [0.05, 0.1) is 0 Å². The van der Waals surface area contributed by atoms with E-state index in [0.29, 0.717) is 27.2 Å². The molecule has 0 unspecified atom stereocenters. The zero-order chi connectivity index (χ0) is 14.1. The van der Waals surface area contributed by atoms with E-state index in [1.165, 1.54) is 15.9 Å². The molecule has 0 aliphatic carbocycles. The second-order valence-electron chi connectivity index (χ2n) is 4.07. The molecule has 0 aliphatic rings. The molecule has 3 rings (SSSR count). The van der Waals surface area contributed by atoms with Gasteiger partial charge in [0.15, 0.2) is 0 Å². The third-order valence-electron chi connectivity index (χ3n) is 2.79. The molecule has 0 spiro atoms. The molecule has 0 bridgehead atoms. The highest BCUT2D eigenvalue weighted by Gasteiger charge is 2.12. The second kappa shape index (κ2) is 5.18. The fourth-order valence-corrected chi connectivity index (χ4v) is 2.67. The summed E-state index contributed by atoms with van der Waals surface area (Å²) in [6.45, 7) is 0. The Balaban J connectivity index is 2.06. The lowest BCUT2D eigenvalue weighted by atomic mass is 10.1. The number of hydrogen-bond acceptors (Lipinski definition) is 6. The van der Waals surface area contributed by atoms with Crippen LogP contribution in [0.2, 0.25) is 5.02 Å². The molecule has 2 aromatic heterocycles. The van der Waals surface area contributed by atoms with E-state index in [1.54, 1.807) is 13.1 Å². The minimum atomic E-state index is -0.271. The Hall–Kier alpha value is -1.99. The number of fused-ring (bicyclic) bond motifs is 1. The van der Waals surface area contributed by atoms with Crippen molar-refractivity contribution in [3.05, 3.63) is 50.9 Å². The summed E-state index contributed by atoms with van der Waals surface area (Å²) in [6, 6.07) is 7.35. The van der Waals surface area contributed by atoms with Crippen LogP contribution in [0, 0.1) is 0 Å². The van der Waals surface area contributed by atoms with Crippen LogP contribution in [-0.4, -0.2) is 26.9 Å². The molecule has 0 radical (unpaired) electrons. The molecule has 0 amide bonds. The number of anilines is 1. The summed E-state index contributed by atoms with van der Waals surface area (Å²) in [4.78, 5) is 12.8. The van der Waals surface area contributed by atoms with Crippen LogP contribution in [0.1, 0.15) is 11.3 Å².